The molecule has 0 saturated carbocycles. The fourth-order valence-electron chi connectivity index (χ4n) is 4.45. The summed E-state index contributed by atoms with van der Waals surface area (Å²) < 4.78 is 45.9. The second kappa shape index (κ2) is 11.6. The summed E-state index contributed by atoms with van der Waals surface area (Å²) in [5.41, 5.74) is 0.992. The molecule has 1 N–H and O–H groups in total. The minimum absolute atomic E-state index is 0.0295. The molecular formula is C25H23BrCl3F3N2O2. The summed E-state index contributed by atoms with van der Waals surface area (Å²) in [4.78, 5) is 15.7. The number of allylic oxidation sites excluding steroid dienone is 1. The highest BCUT2D eigenvalue weighted by molar-refractivity contribution is 9.10. The molecular weight excluding hydrogens is 604 g/mol. The summed E-state index contributed by atoms with van der Waals surface area (Å²) in [6.07, 6.45) is -1.27. The lowest BCUT2D eigenvalue weighted by Crippen LogP contribution is -2.58. The Balaban J connectivity index is 1.75. The zero-order valence-electron chi connectivity index (χ0n) is 19.0. The molecule has 2 saturated heterocycles. The molecule has 36 heavy (non-hydrogen) atoms. The number of carbonyl (C=O) groups excluding carboxylic acids is 1. The highest BCUT2D eigenvalue weighted by Gasteiger charge is 2.35. The third-order valence-corrected chi connectivity index (χ3v) is 8.10. The van der Waals surface area contributed by atoms with Crippen molar-refractivity contribution in [2.75, 3.05) is 13.2 Å². The number of likely N-dealkylation sites (tertiary alicyclic amines) is 1. The Bertz CT molecular complexity index is 1150. The maximum atomic E-state index is 13.6. The molecule has 2 aliphatic heterocycles. The highest BCUT2D eigenvalue weighted by atomic mass is 79.9. The van der Waals surface area contributed by atoms with Gasteiger partial charge >= 0.3 is 6.18 Å². The van der Waals surface area contributed by atoms with Gasteiger partial charge in [-0.1, -0.05) is 62.9 Å². The summed E-state index contributed by atoms with van der Waals surface area (Å²) in [7, 11) is 0. The fourth-order valence-corrected chi connectivity index (χ4v) is 5.62. The van der Waals surface area contributed by atoms with Gasteiger partial charge < -0.3 is 10.1 Å². The number of carbonyl (C=O) groups is 1. The molecule has 11 heteroatoms. The number of hydrogen-bond acceptors (Lipinski definition) is 3. The van der Waals surface area contributed by atoms with E-state index < -0.39 is 18.5 Å². The number of ether oxygens (including phenoxy) is 1. The number of nitrogens with one attached hydrogen (secondary N) is 1. The summed E-state index contributed by atoms with van der Waals surface area (Å²) in [6, 6.07) is 7.80. The van der Waals surface area contributed by atoms with Crippen LogP contribution in [0, 0.1) is 0 Å². The maximum absolute atomic E-state index is 13.6. The van der Waals surface area contributed by atoms with Crippen LogP contribution in [0.1, 0.15) is 53.6 Å². The predicted molar refractivity (Wildman–Crippen MR) is 140 cm³/mol. The van der Waals surface area contributed by atoms with Crippen LogP contribution < -0.4 is 5.32 Å². The maximum Gasteiger partial charge on any atom is 0.392 e. The third kappa shape index (κ3) is 6.40. The second-order valence-corrected chi connectivity index (χ2v) is 10.7. The van der Waals surface area contributed by atoms with Crippen molar-refractivity contribution < 1.29 is 22.7 Å². The average molecular weight is 627 g/mol. The molecule has 2 heterocycles. The molecule has 2 fully saturated rings. The van der Waals surface area contributed by atoms with E-state index in [-0.39, 0.29) is 38.6 Å². The Hall–Kier alpha value is -1.29. The quantitative estimate of drug-likeness (QED) is 0.330. The first-order chi connectivity index (χ1) is 17.0. The van der Waals surface area contributed by atoms with Gasteiger partial charge in [0, 0.05) is 28.6 Å². The molecule has 2 aliphatic rings. The molecule has 2 aromatic rings. The van der Waals surface area contributed by atoms with Gasteiger partial charge in [-0.2, -0.15) is 13.2 Å². The number of nitrogens with zero attached hydrogens (tertiary/aromatic N) is 1. The van der Waals surface area contributed by atoms with Crippen LogP contribution in [0.2, 0.25) is 15.1 Å². The van der Waals surface area contributed by atoms with Crippen molar-refractivity contribution in [1.29, 1.82) is 0 Å². The Labute approximate surface area is 230 Å². The molecule has 194 valence electrons. The molecule has 4 nitrogen and oxygen atoms in total. The zero-order chi connectivity index (χ0) is 26.0. The van der Waals surface area contributed by atoms with E-state index in [1.165, 1.54) is 12.1 Å². The molecule has 2 atom stereocenters. The first-order valence-electron chi connectivity index (χ1n) is 11.4. The lowest BCUT2D eigenvalue weighted by molar-refractivity contribution is -0.167. The van der Waals surface area contributed by atoms with Crippen LogP contribution >= 0.6 is 50.7 Å². The van der Waals surface area contributed by atoms with Gasteiger partial charge in [-0.05, 0) is 54.7 Å². The topological polar surface area (TPSA) is 41.6 Å². The number of piperidine rings is 1. The predicted octanol–water partition coefficient (Wildman–Crippen LogP) is 8.08. The lowest BCUT2D eigenvalue weighted by atomic mass is 9.92. The largest absolute Gasteiger partial charge is 0.392 e. The standard InChI is InChI=1S/C25H23BrCl3F3N2O2/c26-17-5-3-4-16(24(35)33-20-6-1-2-10-34(20)21-8-11-36-21)22(17)15(7-9-25(30,31)32)14-12-18(27)23(29)19(28)13-14/h3-5,7,12-13,20-21H,1-2,6,8-11H2,(H,33,35)/b15-7+. The molecule has 0 bridgehead atoms. The average Bonchev–Trinajstić information content (AvgIpc) is 2.77. The van der Waals surface area contributed by atoms with Crippen molar-refractivity contribution in [2.24, 2.45) is 0 Å². The summed E-state index contributed by atoms with van der Waals surface area (Å²) in [5.74, 6) is -0.397. The number of alkyl halides is 3. The molecule has 2 unspecified atom stereocenters. The van der Waals surface area contributed by atoms with Crippen LogP contribution in [0.4, 0.5) is 13.2 Å². The van der Waals surface area contributed by atoms with E-state index in [4.69, 9.17) is 39.5 Å². The molecule has 0 aliphatic carbocycles. The van der Waals surface area contributed by atoms with Crippen molar-refractivity contribution in [3.05, 3.63) is 72.6 Å². The minimum Gasteiger partial charge on any atom is -0.363 e. The highest BCUT2D eigenvalue weighted by Crippen LogP contribution is 2.39. The molecule has 1 amide bonds. The number of hydrogen-bond donors (Lipinski definition) is 1. The first kappa shape index (κ1) is 27.7. The Morgan fingerprint density at radius 2 is 1.86 bits per heavy atom. The summed E-state index contributed by atoms with van der Waals surface area (Å²) in [5, 5.41) is 3.35. The van der Waals surface area contributed by atoms with Gasteiger partial charge in [-0.3, -0.25) is 9.69 Å². The molecule has 0 radical (unpaired) electrons. The van der Waals surface area contributed by atoms with E-state index in [0.717, 1.165) is 38.3 Å². The van der Waals surface area contributed by atoms with Crippen molar-refractivity contribution in [3.8, 4) is 0 Å². The summed E-state index contributed by atoms with van der Waals surface area (Å²) in [6.45, 7) is 1.50. The lowest BCUT2D eigenvalue weighted by Gasteiger charge is -2.44. The van der Waals surface area contributed by atoms with Crippen molar-refractivity contribution in [3.63, 3.8) is 0 Å². The van der Waals surface area contributed by atoms with E-state index in [1.807, 2.05) is 0 Å². The van der Waals surface area contributed by atoms with Gasteiger partial charge in [0.05, 0.1) is 34.3 Å². The number of benzene rings is 2. The van der Waals surface area contributed by atoms with Crippen LogP contribution in [0.5, 0.6) is 0 Å². The van der Waals surface area contributed by atoms with Crippen LogP contribution in [0.25, 0.3) is 5.57 Å². The first-order valence-corrected chi connectivity index (χ1v) is 13.4. The number of halogens is 7. The van der Waals surface area contributed by atoms with Crippen LogP contribution in [0.3, 0.4) is 0 Å². The van der Waals surface area contributed by atoms with Gasteiger partial charge in [0.25, 0.3) is 5.91 Å². The fraction of sp³-hybridized carbons (Fsp3) is 0.400. The van der Waals surface area contributed by atoms with E-state index in [1.54, 1.807) is 18.2 Å². The molecule has 0 spiro atoms. The van der Waals surface area contributed by atoms with E-state index in [0.29, 0.717) is 22.2 Å². The number of amides is 1. The minimum atomic E-state index is -4.46. The summed E-state index contributed by atoms with van der Waals surface area (Å²) >= 11 is 21.9. The van der Waals surface area contributed by atoms with E-state index in [9.17, 15) is 18.0 Å². The van der Waals surface area contributed by atoms with Gasteiger partial charge in [0.15, 0.2) is 0 Å². The van der Waals surface area contributed by atoms with Gasteiger partial charge in [0.1, 0.15) is 6.23 Å². The van der Waals surface area contributed by atoms with Gasteiger partial charge in [0.2, 0.25) is 0 Å². The molecule has 4 rings (SSSR count). The Morgan fingerprint density at radius 3 is 2.47 bits per heavy atom. The Kier molecular flexibility index (Phi) is 8.95. The molecule has 0 aromatic heterocycles. The van der Waals surface area contributed by atoms with Crippen molar-refractivity contribution >= 4 is 62.2 Å². The van der Waals surface area contributed by atoms with E-state index >= 15 is 0 Å². The van der Waals surface area contributed by atoms with Crippen LogP contribution in [-0.2, 0) is 4.74 Å². The van der Waals surface area contributed by atoms with Gasteiger partial charge in [-0.15, -0.1) is 0 Å². The zero-order valence-corrected chi connectivity index (χ0v) is 22.8. The van der Waals surface area contributed by atoms with Crippen molar-refractivity contribution in [1.82, 2.24) is 10.2 Å². The van der Waals surface area contributed by atoms with Crippen LogP contribution in [0.15, 0.2) is 40.9 Å². The smallest absolute Gasteiger partial charge is 0.363 e. The monoisotopic (exact) mass is 624 g/mol. The SMILES string of the molecule is O=C(NC1CCCCN1C1CCO1)c1cccc(Br)c1/C(=C/CC(F)(F)F)c1cc(Cl)c(Cl)c(Cl)c1. The van der Waals surface area contributed by atoms with E-state index in [2.05, 4.69) is 26.1 Å². The molecule has 2 aromatic carbocycles. The Morgan fingerprint density at radius 1 is 1.17 bits per heavy atom. The van der Waals surface area contributed by atoms with Crippen molar-refractivity contribution in [2.45, 2.75) is 50.7 Å². The third-order valence-electron chi connectivity index (χ3n) is 6.25. The second-order valence-electron chi connectivity index (χ2n) is 8.69. The van der Waals surface area contributed by atoms with Gasteiger partial charge in [-0.25, -0.2) is 0 Å². The van der Waals surface area contributed by atoms with Crippen LogP contribution in [-0.4, -0.2) is 42.5 Å². The normalized spacial score (nSPS) is 21.2. The number of rotatable bonds is 6.